The minimum Gasteiger partial charge on any atom is -0.490 e. The van der Waals surface area contributed by atoms with Gasteiger partial charge in [-0.05, 0) is 61.0 Å². The van der Waals surface area contributed by atoms with Crippen LogP contribution in [0.5, 0.6) is 5.75 Å². The number of H-pyrrole nitrogens is 1. The van der Waals surface area contributed by atoms with Crippen molar-refractivity contribution < 1.29 is 13.6 Å². The quantitative estimate of drug-likeness (QED) is 0.245. The van der Waals surface area contributed by atoms with Crippen molar-refractivity contribution in [2.45, 2.75) is 12.5 Å². The van der Waals surface area contributed by atoms with Gasteiger partial charge >= 0.3 is 0 Å². The Hall–Kier alpha value is -4.62. The van der Waals surface area contributed by atoms with Crippen molar-refractivity contribution >= 4 is 10.9 Å². The number of aromatic nitrogens is 3. The van der Waals surface area contributed by atoms with Crippen LogP contribution in [0.15, 0.2) is 107 Å². The first-order valence-corrected chi connectivity index (χ1v) is 12.2. The Morgan fingerprint density at radius 3 is 2.65 bits per heavy atom. The first-order chi connectivity index (χ1) is 18.3. The van der Waals surface area contributed by atoms with E-state index < -0.39 is 0 Å². The molecular weight excluding hydrogens is 464 g/mol. The number of rotatable bonds is 9. The fraction of sp³-hybridized carbons (Fsp3) is 0.133. The van der Waals surface area contributed by atoms with Gasteiger partial charge in [-0.15, -0.1) is 0 Å². The lowest BCUT2D eigenvalue weighted by molar-refractivity contribution is 0.269. The van der Waals surface area contributed by atoms with Crippen molar-refractivity contribution in [2.24, 2.45) is 0 Å². The Kier molecular flexibility index (Phi) is 6.27. The topological polar surface area (TPSA) is 89.1 Å². The SMILES string of the molecule is CN[C@@H](COc1cnc(-c2ccoc2)c(-c2ccc3[nH]nc(-c4ccco4)c3c2)c1)Cc1ccccc1. The molecule has 0 saturated carbocycles. The Bertz CT molecular complexity index is 1590. The molecule has 0 aliphatic rings. The Morgan fingerprint density at radius 2 is 1.86 bits per heavy atom. The van der Waals surface area contributed by atoms with Crippen LogP contribution in [0.25, 0.3) is 44.7 Å². The van der Waals surface area contributed by atoms with E-state index in [1.807, 2.05) is 43.4 Å². The number of hydrogen-bond donors (Lipinski definition) is 2. The maximum atomic E-state index is 6.24. The standard InChI is InChI=1S/C30H26N4O3/c1-31-23(14-20-6-3-2-4-7-20)19-37-24-16-25(29(32-17-24)22-11-13-35-18-22)21-9-10-27-26(15-21)30(34-33-27)28-8-5-12-36-28/h2-13,15-18,23,31H,14,19H2,1H3,(H,33,34)/t23-/m1/s1. The maximum absolute atomic E-state index is 6.24. The van der Waals surface area contributed by atoms with Crippen LogP contribution in [0.2, 0.25) is 0 Å². The molecule has 184 valence electrons. The van der Waals surface area contributed by atoms with E-state index in [1.165, 1.54) is 5.56 Å². The highest BCUT2D eigenvalue weighted by Gasteiger charge is 2.17. The summed E-state index contributed by atoms with van der Waals surface area (Å²) in [5.74, 6) is 1.42. The van der Waals surface area contributed by atoms with Crippen molar-refractivity contribution in [1.29, 1.82) is 0 Å². The molecule has 1 atom stereocenters. The molecule has 0 bridgehead atoms. The van der Waals surface area contributed by atoms with Crippen LogP contribution in [-0.4, -0.2) is 34.9 Å². The molecule has 37 heavy (non-hydrogen) atoms. The number of fused-ring (bicyclic) bond motifs is 1. The Morgan fingerprint density at radius 1 is 0.946 bits per heavy atom. The molecule has 4 heterocycles. The number of likely N-dealkylation sites (N-methyl/N-ethyl adjacent to an activating group) is 1. The van der Waals surface area contributed by atoms with Crippen molar-refractivity contribution in [1.82, 2.24) is 20.5 Å². The monoisotopic (exact) mass is 490 g/mol. The summed E-state index contributed by atoms with van der Waals surface area (Å²) in [4.78, 5) is 4.78. The third-order valence-corrected chi connectivity index (χ3v) is 6.47. The molecule has 4 aromatic heterocycles. The zero-order valence-electron chi connectivity index (χ0n) is 20.3. The maximum Gasteiger partial charge on any atom is 0.154 e. The molecule has 6 aromatic rings. The number of pyridine rings is 1. The third kappa shape index (κ3) is 4.77. The minimum absolute atomic E-state index is 0.164. The number of ether oxygens (including phenoxy) is 1. The third-order valence-electron chi connectivity index (χ3n) is 6.47. The normalized spacial score (nSPS) is 12.1. The largest absolute Gasteiger partial charge is 0.490 e. The van der Waals surface area contributed by atoms with E-state index in [0.717, 1.165) is 45.4 Å². The smallest absolute Gasteiger partial charge is 0.154 e. The predicted molar refractivity (Wildman–Crippen MR) is 143 cm³/mol. The molecule has 7 heteroatoms. The molecule has 7 nitrogen and oxygen atoms in total. The average molecular weight is 491 g/mol. The lowest BCUT2D eigenvalue weighted by atomic mass is 9.98. The Labute approximate surface area is 214 Å². The molecular formula is C30H26N4O3. The Balaban J connectivity index is 1.34. The molecule has 0 saturated heterocycles. The second-order valence-electron chi connectivity index (χ2n) is 8.88. The van der Waals surface area contributed by atoms with Gasteiger partial charge in [0.05, 0.1) is 36.2 Å². The fourth-order valence-corrected chi connectivity index (χ4v) is 4.50. The van der Waals surface area contributed by atoms with Gasteiger partial charge < -0.3 is 18.9 Å². The summed E-state index contributed by atoms with van der Waals surface area (Å²) in [6.45, 7) is 0.515. The highest BCUT2D eigenvalue weighted by Crippen LogP contribution is 2.36. The van der Waals surface area contributed by atoms with E-state index in [0.29, 0.717) is 18.1 Å². The van der Waals surface area contributed by atoms with E-state index in [2.05, 4.69) is 51.9 Å². The second kappa shape index (κ2) is 10.2. The van der Waals surface area contributed by atoms with E-state index in [1.54, 1.807) is 25.0 Å². The first kappa shape index (κ1) is 22.8. The van der Waals surface area contributed by atoms with Gasteiger partial charge in [0.15, 0.2) is 5.76 Å². The lowest BCUT2D eigenvalue weighted by Crippen LogP contribution is -2.33. The number of aromatic amines is 1. The van der Waals surface area contributed by atoms with Gasteiger partial charge in [0.1, 0.15) is 18.1 Å². The van der Waals surface area contributed by atoms with Crippen LogP contribution < -0.4 is 10.1 Å². The van der Waals surface area contributed by atoms with Crippen LogP contribution in [-0.2, 0) is 6.42 Å². The average Bonchev–Trinajstić information content (AvgIpc) is 3.73. The van der Waals surface area contributed by atoms with E-state index in [-0.39, 0.29) is 6.04 Å². The summed E-state index contributed by atoms with van der Waals surface area (Å²) in [6.07, 6.45) is 7.65. The number of nitrogens with one attached hydrogen (secondary N) is 2. The fourth-order valence-electron chi connectivity index (χ4n) is 4.50. The molecule has 0 unspecified atom stereocenters. The minimum atomic E-state index is 0.164. The first-order valence-electron chi connectivity index (χ1n) is 12.2. The zero-order chi connectivity index (χ0) is 25.0. The summed E-state index contributed by atoms with van der Waals surface area (Å²) in [5, 5.41) is 11.9. The van der Waals surface area contributed by atoms with Gasteiger partial charge in [-0.2, -0.15) is 5.10 Å². The van der Waals surface area contributed by atoms with Crippen molar-refractivity contribution in [3.05, 3.63) is 103 Å². The van der Waals surface area contributed by atoms with Crippen LogP contribution in [0.4, 0.5) is 0 Å². The van der Waals surface area contributed by atoms with Gasteiger partial charge in [0, 0.05) is 22.6 Å². The molecule has 0 amide bonds. The molecule has 0 spiro atoms. The highest BCUT2D eigenvalue weighted by molar-refractivity contribution is 5.96. The van der Waals surface area contributed by atoms with Gasteiger partial charge in [-0.1, -0.05) is 36.4 Å². The molecule has 6 rings (SSSR count). The molecule has 0 fully saturated rings. The zero-order valence-corrected chi connectivity index (χ0v) is 20.3. The van der Waals surface area contributed by atoms with E-state index >= 15 is 0 Å². The summed E-state index contributed by atoms with van der Waals surface area (Å²) in [7, 11) is 1.96. The van der Waals surface area contributed by atoms with Gasteiger partial charge in [0.2, 0.25) is 0 Å². The van der Waals surface area contributed by atoms with Gasteiger partial charge in [0.25, 0.3) is 0 Å². The van der Waals surface area contributed by atoms with Crippen molar-refractivity contribution in [3.8, 4) is 39.6 Å². The van der Waals surface area contributed by atoms with E-state index in [4.69, 9.17) is 18.6 Å². The van der Waals surface area contributed by atoms with Crippen LogP contribution >= 0.6 is 0 Å². The van der Waals surface area contributed by atoms with Gasteiger partial charge in [-0.25, -0.2) is 0 Å². The summed E-state index contributed by atoms with van der Waals surface area (Å²) in [5.41, 5.74) is 6.61. The second-order valence-corrected chi connectivity index (χ2v) is 8.88. The molecule has 0 aliphatic carbocycles. The predicted octanol–water partition coefficient (Wildman–Crippen LogP) is 6.35. The molecule has 2 aromatic carbocycles. The van der Waals surface area contributed by atoms with Gasteiger partial charge in [-0.3, -0.25) is 10.1 Å². The number of nitrogens with zero attached hydrogens (tertiary/aromatic N) is 2. The number of furan rings is 2. The van der Waals surface area contributed by atoms with Crippen molar-refractivity contribution in [2.75, 3.05) is 13.7 Å². The molecule has 0 aliphatic heterocycles. The molecule has 0 radical (unpaired) electrons. The summed E-state index contributed by atoms with van der Waals surface area (Å²) < 4.78 is 17.2. The number of benzene rings is 2. The van der Waals surface area contributed by atoms with Crippen LogP contribution in [0, 0.1) is 0 Å². The highest BCUT2D eigenvalue weighted by atomic mass is 16.5. The summed E-state index contributed by atoms with van der Waals surface area (Å²) in [6, 6.07) is 24.5. The van der Waals surface area contributed by atoms with E-state index in [9.17, 15) is 0 Å². The van der Waals surface area contributed by atoms with Crippen LogP contribution in [0.1, 0.15) is 5.56 Å². The van der Waals surface area contributed by atoms with Crippen LogP contribution in [0.3, 0.4) is 0 Å². The lowest BCUT2D eigenvalue weighted by Gasteiger charge is -2.18. The van der Waals surface area contributed by atoms with Crippen molar-refractivity contribution in [3.63, 3.8) is 0 Å². The summed E-state index contributed by atoms with van der Waals surface area (Å²) >= 11 is 0. The number of hydrogen-bond acceptors (Lipinski definition) is 6. The molecule has 2 N–H and O–H groups in total.